The summed E-state index contributed by atoms with van der Waals surface area (Å²) < 4.78 is 18.2. The molecule has 0 saturated carbocycles. The van der Waals surface area contributed by atoms with Gasteiger partial charge in [-0.1, -0.05) is 19.1 Å². The zero-order valence-corrected chi connectivity index (χ0v) is 19.1. The number of hydrogen-bond acceptors (Lipinski definition) is 7. The van der Waals surface area contributed by atoms with E-state index in [0.29, 0.717) is 29.7 Å². The predicted molar refractivity (Wildman–Crippen MR) is 117 cm³/mol. The molecular formula is C22H33N5O4. The molecule has 0 radical (unpaired) electrons. The van der Waals surface area contributed by atoms with Gasteiger partial charge in [-0.2, -0.15) is 0 Å². The Morgan fingerprint density at radius 2 is 1.74 bits per heavy atom. The molecule has 2 heterocycles. The first-order chi connectivity index (χ1) is 14.9. The molecule has 2 aromatic rings. The van der Waals surface area contributed by atoms with E-state index in [2.05, 4.69) is 34.4 Å². The van der Waals surface area contributed by atoms with Gasteiger partial charge in [-0.25, -0.2) is 4.68 Å². The lowest BCUT2D eigenvalue weighted by Crippen LogP contribution is -2.34. The largest absolute Gasteiger partial charge is 0.496 e. The average Bonchev–Trinajstić information content (AvgIpc) is 3.28. The predicted octanol–water partition coefficient (Wildman–Crippen LogP) is 2.53. The van der Waals surface area contributed by atoms with Gasteiger partial charge < -0.3 is 19.5 Å². The van der Waals surface area contributed by atoms with Crippen molar-refractivity contribution in [2.75, 3.05) is 41.0 Å². The standard InChI is InChI=1S/C22H33N5O4/c1-15(2)12-23-22(28)18-14-27(25-24-18)17-6-8-26(9-7-17)13-16-10-20(30-4)21(31-5)11-19(16)29-3/h10-11,14-15,17H,6-9,12-13H2,1-5H3,(H,23,28). The number of hydrogen-bond donors (Lipinski definition) is 1. The number of amides is 1. The molecule has 1 aromatic carbocycles. The van der Waals surface area contributed by atoms with E-state index in [0.717, 1.165) is 43.8 Å². The van der Waals surface area contributed by atoms with Crippen molar-refractivity contribution in [3.05, 3.63) is 29.6 Å². The summed E-state index contributed by atoms with van der Waals surface area (Å²) in [5.41, 5.74) is 1.43. The number of carbonyl (C=O) groups is 1. The van der Waals surface area contributed by atoms with Gasteiger partial charge in [0.15, 0.2) is 17.2 Å². The van der Waals surface area contributed by atoms with Gasteiger partial charge in [-0.3, -0.25) is 9.69 Å². The molecule has 1 aliphatic heterocycles. The van der Waals surface area contributed by atoms with Crippen LogP contribution in [0, 0.1) is 5.92 Å². The average molecular weight is 432 g/mol. The molecular weight excluding hydrogens is 398 g/mol. The molecule has 0 unspecified atom stereocenters. The summed E-state index contributed by atoms with van der Waals surface area (Å²) in [5, 5.41) is 11.1. The maximum atomic E-state index is 12.2. The number of likely N-dealkylation sites (tertiary alicyclic amines) is 1. The van der Waals surface area contributed by atoms with Crippen molar-refractivity contribution < 1.29 is 19.0 Å². The first-order valence-electron chi connectivity index (χ1n) is 10.7. The third kappa shape index (κ3) is 5.66. The SMILES string of the molecule is COc1cc(OC)c(OC)cc1CN1CCC(n2cc(C(=O)NCC(C)C)nn2)CC1. The lowest BCUT2D eigenvalue weighted by Gasteiger charge is -2.32. The summed E-state index contributed by atoms with van der Waals surface area (Å²) in [5.74, 6) is 2.36. The Hall–Kier alpha value is -2.81. The van der Waals surface area contributed by atoms with E-state index >= 15 is 0 Å². The highest BCUT2D eigenvalue weighted by Crippen LogP contribution is 2.35. The van der Waals surface area contributed by atoms with Crippen LogP contribution in [0.15, 0.2) is 18.3 Å². The van der Waals surface area contributed by atoms with Crippen molar-refractivity contribution in [2.24, 2.45) is 5.92 Å². The topological polar surface area (TPSA) is 90.7 Å². The van der Waals surface area contributed by atoms with E-state index in [4.69, 9.17) is 14.2 Å². The van der Waals surface area contributed by atoms with Gasteiger partial charge in [0, 0.05) is 37.8 Å². The van der Waals surface area contributed by atoms with Gasteiger partial charge in [0.05, 0.1) is 33.6 Å². The summed E-state index contributed by atoms with van der Waals surface area (Å²) in [7, 11) is 4.91. The fourth-order valence-corrected chi connectivity index (χ4v) is 3.75. The zero-order chi connectivity index (χ0) is 22.4. The lowest BCUT2D eigenvalue weighted by molar-refractivity contribution is 0.0944. The van der Waals surface area contributed by atoms with Crippen LogP contribution in [-0.4, -0.2) is 66.8 Å². The van der Waals surface area contributed by atoms with Crippen molar-refractivity contribution in [2.45, 2.75) is 39.3 Å². The van der Waals surface area contributed by atoms with Crippen molar-refractivity contribution in [3.8, 4) is 17.2 Å². The number of rotatable bonds is 9. The van der Waals surface area contributed by atoms with Gasteiger partial charge in [0.25, 0.3) is 5.91 Å². The molecule has 3 rings (SSSR count). The Labute approximate surface area is 183 Å². The van der Waals surface area contributed by atoms with Gasteiger partial charge in [-0.05, 0) is 24.8 Å². The van der Waals surface area contributed by atoms with Gasteiger partial charge in [0.2, 0.25) is 0 Å². The first kappa shape index (κ1) is 22.9. The Balaban J connectivity index is 1.59. The zero-order valence-electron chi connectivity index (χ0n) is 19.1. The van der Waals surface area contributed by atoms with Crippen LogP contribution in [-0.2, 0) is 6.54 Å². The van der Waals surface area contributed by atoms with Crippen molar-refractivity contribution >= 4 is 5.91 Å². The number of nitrogens with one attached hydrogen (secondary N) is 1. The van der Waals surface area contributed by atoms with Crippen LogP contribution in [0.5, 0.6) is 17.2 Å². The highest BCUT2D eigenvalue weighted by atomic mass is 16.5. The highest BCUT2D eigenvalue weighted by Gasteiger charge is 2.24. The van der Waals surface area contributed by atoms with E-state index in [9.17, 15) is 4.79 Å². The fraction of sp³-hybridized carbons (Fsp3) is 0.591. The number of benzene rings is 1. The van der Waals surface area contributed by atoms with Crippen molar-refractivity contribution in [3.63, 3.8) is 0 Å². The number of aromatic nitrogens is 3. The van der Waals surface area contributed by atoms with Crippen molar-refractivity contribution in [1.82, 2.24) is 25.2 Å². The van der Waals surface area contributed by atoms with Gasteiger partial charge in [-0.15, -0.1) is 5.10 Å². The second-order valence-electron chi connectivity index (χ2n) is 8.21. The molecule has 0 spiro atoms. The van der Waals surface area contributed by atoms with Crippen LogP contribution in [0.2, 0.25) is 0 Å². The first-order valence-corrected chi connectivity index (χ1v) is 10.7. The molecule has 1 amide bonds. The maximum Gasteiger partial charge on any atom is 0.273 e. The molecule has 170 valence electrons. The minimum Gasteiger partial charge on any atom is -0.496 e. The maximum absolute atomic E-state index is 12.2. The van der Waals surface area contributed by atoms with Gasteiger partial charge >= 0.3 is 0 Å². The molecule has 1 N–H and O–H groups in total. The number of ether oxygens (including phenoxy) is 3. The van der Waals surface area contributed by atoms with E-state index < -0.39 is 0 Å². The number of piperidine rings is 1. The molecule has 9 nitrogen and oxygen atoms in total. The summed E-state index contributed by atoms with van der Waals surface area (Å²) in [6.45, 7) is 7.33. The normalized spacial score (nSPS) is 15.2. The van der Waals surface area contributed by atoms with Gasteiger partial charge in [0.1, 0.15) is 5.75 Å². The van der Waals surface area contributed by atoms with Crippen LogP contribution in [0.1, 0.15) is 48.8 Å². The van der Waals surface area contributed by atoms with Crippen molar-refractivity contribution in [1.29, 1.82) is 0 Å². The Morgan fingerprint density at radius 3 is 2.35 bits per heavy atom. The second kappa shape index (κ2) is 10.5. The Bertz CT molecular complexity index is 875. The van der Waals surface area contributed by atoms with Crippen LogP contribution in [0.4, 0.5) is 0 Å². The number of methoxy groups -OCH3 is 3. The van der Waals surface area contributed by atoms with Crippen LogP contribution in [0.3, 0.4) is 0 Å². The molecule has 0 atom stereocenters. The fourth-order valence-electron chi connectivity index (χ4n) is 3.75. The third-order valence-corrected chi connectivity index (χ3v) is 5.53. The monoisotopic (exact) mass is 431 g/mol. The van der Waals surface area contributed by atoms with Crippen LogP contribution < -0.4 is 19.5 Å². The molecule has 1 fully saturated rings. The van der Waals surface area contributed by atoms with Crippen LogP contribution in [0.25, 0.3) is 0 Å². The van der Waals surface area contributed by atoms with E-state index in [1.165, 1.54) is 0 Å². The minimum atomic E-state index is -0.169. The third-order valence-electron chi connectivity index (χ3n) is 5.53. The van der Waals surface area contributed by atoms with E-state index in [1.807, 2.05) is 16.8 Å². The summed E-state index contributed by atoms with van der Waals surface area (Å²) >= 11 is 0. The van der Waals surface area contributed by atoms with E-state index in [1.54, 1.807) is 27.5 Å². The lowest BCUT2D eigenvalue weighted by atomic mass is 10.0. The molecule has 1 aromatic heterocycles. The smallest absolute Gasteiger partial charge is 0.273 e. The highest BCUT2D eigenvalue weighted by molar-refractivity contribution is 5.91. The van der Waals surface area contributed by atoms with Crippen LogP contribution >= 0.6 is 0 Å². The Morgan fingerprint density at radius 1 is 1.10 bits per heavy atom. The molecule has 31 heavy (non-hydrogen) atoms. The summed E-state index contributed by atoms with van der Waals surface area (Å²) in [6.07, 6.45) is 3.63. The number of nitrogens with zero attached hydrogens (tertiary/aromatic N) is 4. The minimum absolute atomic E-state index is 0.169. The molecule has 1 aliphatic rings. The quantitative estimate of drug-likeness (QED) is 0.652. The van der Waals surface area contributed by atoms with E-state index in [-0.39, 0.29) is 11.9 Å². The Kier molecular flexibility index (Phi) is 7.73. The summed E-state index contributed by atoms with van der Waals surface area (Å²) in [4.78, 5) is 14.6. The summed E-state index contributed by atoms with van der Waals surface area (Å²) in [6, 6.07) is 4.08. The molecule has 0 bridgehead atoms. The molecule has 9 heteroatoms. The molecule has 1 saturated heterocycles. The second-order valence-corrected chi connectivity index (χ2v) is 8.21. The molecule has 0 aliphatic carbocycles. The number of carbonyl (C=O) groups excluding carboxylic acids is 1.